The number of hydrogen-bond acceptors (Lipinski definition) is 4. The minimum absolute atomic E-state index is 0.149. The van der Waals surface area contributed by atoms with E-state index in [0.29, 0.717) is 5.56 Å². The molecule has 110 valence electrons. The second kappa shape index (κ2) is 6.20. The molecule has 1 N–H and O–H groups in total. The van der Waals surface area contributed by atoms with E-state index in [0.717, 1.165) is 44.1 Å². The molecule has 21 heavy (non-hydrogen) atoms. The highest BCUT2D eigenvalue weighted by Crippen LogP contribution is 2.18. The van der Waals surface area contributed by atoms with Gasteiger partial charge in [-0.15, -0.1) is 0 Å². The largest absolute Gasteiger partial charge is 0.379 e. The second-order valence-corrected chi connectivity index (χ2v) is 5.34. The number of hydrogen-bond donors (Lipinski definition) is 1. The zero-order chi connectivity index (χ0) is 14.7. The number of H-pyrrole nitrogens is 1. The zero-order valence-corrected chi connectivity index (χ0v) is 12.1. The third-order valence-electron chi connectivity index (χ3n) is 3.68. The fourth-order valence-electron chi connectivity index (χ4n) is 2.58. The summed E-state index contributed by atoms with van der Waals surface area (Å²) in [7, 11) is 0. The summed E-state index contributed by atoms with van der Waals surface area (Å²) in [6, 6.07) is 9.97. The highest BCUT2D eigenvalue weighted by atomic mass is 16.5. The van der Waals surface area contributed by atoms with Gasteiger partial charge in [0, 0.05) is 19.6 Å². The van der Waals surface area contributed by atoms with Crippen LogP contribution >= 0.6 is 0 Å². The van der Waals surface area contributed by atoms with E-state index in [-0.39, 0.29) is 5.56 Å². The van der Waals surface area contributed by atoms with Crippen molar-refractivity contribution in [3.05, 3.63) is 51.9 Å². The van der Waals surface area contributed by atoms with Crippen LogP contribution in [0.1, 0.15) is 11.3 Å². The highest BCUT2D eigenvalue weighted by molar-refractivity contribution is 5.63. The van der Waals surface area contributed by atoms with E-state index in [1.165, 1.54) is 5.56 Å². The zero-order valence-electron chi connectivity index (χ0n) is 12.1. The van der Waals surface area contributed by atoms with Crippen LogP contribution in [0.25, 0.3) is 11.1 Å². The van der Waals surface area contributed by atoms with E-state index in [4.69, 9.17) is 4.74 Å². The van der Waals surface area contributed by atoms with Gasteiger partial charge >= 0.3 is 0 Å². The third kappa shape index (κ3) is 3.37. The monoisotopic (exact) mass is 285 g/mol. The van der Waals surface area contributed by atoms with Gasteiger partial charge in [0.05, 0.1) is 24.5 Å². The molecule has 2 aromatic rings. The summed E-state index contributed by atoms with van der Waals surface area (Å²) in [5.41, 5.74) is 3.48. The van der Waals surface area contributed by atoms with Gasteiger partial charge in [-0.1, -0.05) is 18.2 Å². The number of aromatic amines is 1. The number of nitrogens with one attached hydrogen (secondary N) is 1. The first-order chi connectivity index (χ1) is 10.2. The predicted octanol–water partition coefficient (Wildman–Crippen LogP) is 1.58. The molecule has 1 aliphatic rings. The van der Waals surface area contributed by atoms with Crippen molar-refractivity contribution < 1.29 is 4.74 Å². The van der Waals surface area contributed by atoms with E-state index in [9.17, 15) is 4.79 Å². The average molecular weight is 285 g/mol. The lowest BCUT2D eigenvalue weighted by Crippen LogP contribution is -2.35. The van der Waals surface area contributed by atoms with Crippen LogP contribution < -0.4 is 5.56 Å². The van der Waals surface area contributed by atoms with Crippen molar-refractivity contribution in [2.75, 3.05) is 26.3 Å². The Hall–Kier alpha value is -1.98. The molecule has 0 saturated carbocycles. The Morgan fingerprint density at radius 3 is 2.90 bits per heavy atom. The molecule has 0 atom stereocenters. The van der Waals surface area contributed by atoms with E-state index in [2.05, 4.69) is 27.2 Å². The van der Waals surface area contributed by atoms with Crippen molar-refractivity contribution in [2.45, 2.75) is 13.5 Å². The SMILES string of the molecule is Cc1cc(-c2cccc(CN3CCOCC3)c2)c(=O)[nH]n1. The molecule has 0 unspecified atom stereocenters. The van der Waals surface area contributed by atoms with Gasteiger partial charge in [0.1, 0.15) is 0 Å². The number of aromatic nitrogens is 2. The van der Waals surface area contributed by atoms with Gasteiger partial charge in [0.25, 0.3) is 5.56 Å². The Kier molecular flexibility index (Phi) is 4.13. The van der Waals surface area contributed by atoms with Crippen molar-refractivity contribution >= 4 is 0 Å². The van der Waals surface area contributed by atoms with E-state index in [1.807, 2.05) is 25.1 Å². The first-order valence-electron chi connectivity index (χ1n) is 7.18. The van der Waals surface area contributed by atoms with Crippen LogP contribution in [0.5, 0.6) is 0 Å². The number of aryl methyl sites for hydroxylation is 1. The van der Waals surface area contributed by atoms with Crippen molar-refractivity contribution in [2.24, 2.45) is 0 Å². The minimum atomic E-state index is -0.149. The van der Waals surface area contributed by atoms with Gasteiger partial charge in [-0.3, -0.25) is 9.69 Å². The molecule has 5 nitrogen and oxygen atoms in total. The maximum atomic E-state index is 11.9. The first-order valence-corrected chi connectivity index (χ1v) is 7.18. The topological polar surface area (TPSA) is 58.2 Å². The van der Waals surface area contributed by atoms with Crippen LogP contribution in [0.4, 0.5) is 0 Å². The molecular formula is C16H19N3O2. The summed E-state index contributed by atoms with van der Waals surface area (Å²) in [5, 5.41) is 6.46. The smallest absolute Gasteiger partial charge is 0.272 e. The molecule has 1 aromatic carbocycles. The van der Waals surface area contributed by atoms with Gasteiger partial charge in [-0.25, -0.2) is 5.10 Å². The second-order valence-electron chi connectivity index (χ2n) is 5.34. The molecule has 1 aromatic heterocycles. The number of ether oxygens (including phenoxy) is 1. The van der Waals surface area contributed by atoms with E-state index >= 15 is 0 Å². The van der Waals surface area contributed by atoms with Gasteiger partial charge in [0.2, 0.25) is 0 Å². The van der Waals surface area contributed by atoms with Gasteiger partial charge < -0.3 is 4.74 Å². The van der Waals surface area contributed by atoms with E-state index < -0.39 is 0 Å². The third-order valence-corrected chi connectivity index (χ3v) is 3.68. The normalized spacial score (nSPS) is 16.0. The first kappa shape index (κ1) is 14.0. The Labute approximate surface area is 123 Å². The quantitative estimate of drug-likeness (QED) is 0.930. The molecule has 1 fully saturated rings. The van der Waals surface area contributed by atoms with Crippen LogP contribution in [-0.4, -0.2) is 41.4 Å². The van der Waals surface area contributed by atoms with E-state index in [1.54, 1.807) is 0 Å². The summed E-state index contributed by atoms with van der Waals surface area (Å²) >= 11 is 0. The Morgan fingerprint density at radius 2 is 2.10 bits per heavy atom. The van der Waals surface area contributed by atoms with Gasteiger partial charge in [0.15, 0.2) is 0 Å². The molecular weight excluding hydrogens is 266 g/mol. The standard InChI is InChI=1S/C16H19N3O2/c1-12-9-15(16(20)18-17-12)14-4-2-3-13(10-14)11-19-5-7-21-8-6-19/h2-4,9-10H,5-8,11H2,1H3,(H,18,20). The van der Waals surface area contributed by atoms with Crippen molar-refractivity contribution in [1.82, 2.24) is 15.1 Å². The average Bonchev–Trinajstić information content (AvgIpc) is 2.51. The maximum absolute atomic E-state index is 11.9. The van der Waals surface area contributed by atoms with Crippen LogP contribution in [0.3, 0.4) is 0 Å². The number of nitrogens with zero attached hydrogens (tertiary/aromatic N) is 2. The van der Waals surface area contributed by atoms with Crippen LogP contribution in [0.15, 0.2) is 35.1 Å². The Bertz CT molecular complexity index is 675. The fraction of sp³-hybridized carbons (Fsp3) is 0.375. The molecule has 0 spiro atoms. The van der Waals surface area contributed by atoms with Crippen molar-refractivity contribution in [3.63, 3.8) is 0 Å². The van der Waals surface area contributed by atoms with Crippen molar-refractivity contribution in [3.8, 4) is 11.1 Å². The molecule has 0 radical (unpaired) electrons. The predicted molar refractivity (Wildman–Crippen MR) is 81.1 cm³/mol. The number of morpholine rings is 1. The molecule has 0 bridgehead atoms. The van der Waals surface area contributed by atoms with Gasteiger partial charge in [-0.05, 0) is 30.2 Å². The lowest BCUT2D eigenvalue weighted by Gasteiger charge is -2.26. The lowest BCUT2D eigenvalue weighted by molar-refractivity contribution is 0.0342. The Balaban J connectivity index is 1.85. The fourth-order valence-corrected chi connectivity index (χ4v) is 2.58. The molecule has 3 rings (SSSR count). The molecule has 1 saturated heterocycles. The minimum Gasteiger partial charge on any atom is -0.379 e. The summed E-state index contributed by atoms with van der Waals surface area (Å²) in [6.07, 6.45) is 0. The molecule has 0 aliphatic carbocycles. The summed E-state index contributed by atoms with van der Waals surface area (Å²) in [5.74, 6) is 0. The molecule has 5 heteroatoms. The highest BCUT2D eigenvalue weighted by Gasteiger charge is 2.11. The van der Waals surface area contributed by atoms with Crippen LogP contribution in [0.2, 0.25) is 0 Å². The molecule has 1 aliphatic heterocycles. The van der Waals surface area contributed by atoms with Crippen LogP contribution in [-0.2, 0) is 11.3 Å². The lowest BCUT2D eigenvalue weighted by atomic mass is 10.0. The number of benzene rings is 1. The van der Waals surface area contributed by atoms with Gasteiger partial charge in [-0.2, -0.15) is 5.10 Å². The summed E-state index contributed by atoms with van der Waals surface area (Å²) in [6.45, 7) is 6.26. The van der Waals surface area contributed by atoms with Crippen molar-refractivity contribution in [1.29, 1.82) is 0 Å². The molecule has 0 amide bonds. The molecule has 2 heterocycles. The summed E-state index contributed by atoms with van der Waals surface area (Å²) in [4.78, 5) is 14.3. The van der Waals surface area contributed by atoms with Crippen LogP contribution in [0, 0.1) is 6.92 Å². The number of rotatable bonds is 3. The maximum Gasteiger partial charge on any atom is 0.272 e. The summed E-state index contributed by atoms with van der Waals surface area (Å²) < 4.78 is 5.37. The Morgan fingerprint density at radius 1 is 1.29 bits per heavy atom.